The molecule has 0 saturated carbocycles. The van der Waals surface area contributed by atoms with Gasteiger partial charge in [0.1, 0.15) is 11.8 Å². The van der Waals surface area contributed by atoms with Crippen molar-refractivity contribution in [3.63, 3.8) is 0 Å². The highest BCUT2D eigenvalue weighted by atomic mass is 32.1. The molecule has 0 radical (unpaired) electrons. The van der Waals surface area contributed by atoms with Crippen molar-refractivity contribution in [3.05, 3.63) is 81.8 Å². The van der Waals surface area contributed by atoms with Gasteiger partial charge in [0.25, 0.3) is 0 Å². The molecular weight excluding hydrogens is 420 g/mol. The second-order valence-electron chi connectivity index (χ2n) is 7.79. The summed E-state index contributed by atoms with van der Waals surface area (Å²) in [5.74, 6) is 0.869. The molecule has 3 aromatic rings. The van der Waals surface area contributed by atoms with Crippen LogP contribution in [-0.2, 0) is 17.6 Å². The molecule has 2 heterocycles. The van der Waals surface area contributed by atoms with Crippen LogP contribution in [0.1, 0.15) is 27.9 Å². The molecule has 1 unspecified atom stereocenters. The van der Waals surface area contributed by atoms with Crippen LogP contribution in [0.2, 0.25) is 0 Å². The fourth-order valence-corrected chi connectivity index (χ4v) is 4.76. The smallest absolute Gasteiger partial charge is 0.228 e. The maximum Gasteiger partial charge on any atom is 0.228 e. The zero-order chi connectivity index (χ0) is 22.3. The van der Waals surface area contributed by atoms with E-state index in [1.165, 1.54) is 5.56 Å². The van der Waals surface area contributed by atoms with E-state index in [0.29, 0.717) is 32.6 Å². The summed E-state index contributed by atoms with van der Waals surface area (Å²) in [4.78, 5) is 21.5. The molecule has 1 aliphatic rings. The molecule has 164 valence electrons. The van der Waals surface area contributed by atoms with E-state index in [1.807, 2.05) is 52.7 Å². The second kappa shape index (κ2) is 10.4. The van der Waals surface area contributed by atoms with Gasteiger partial charge in [-0.25, -0.2) is 4.98 Å². The summed E-state index contributed by atoms with van der Waals surface area (Å²) in [5.41, 5.74) is 3.00. The highest BCUT2D eigenvalue weighted by Gasteiger charge is 2.27. The molecule has 7 heteroatoms. The highest BCUT2D eigenvalue weighted by molar-refractivity contribution is 7.09. The van der Waals surface area contributed by atoms with Gasteiger partial charge in [-0.05, 0) is 23.3 Å². The first kappa shape index (κ1) is 22.0. The van der Waals surface area contributed by atoms with Gasteiger partial charge in [0, 0.05) is 38.0 Å². The number of hydrogen-bond donors (Lipinski definition) is 0. The maximum absolute atomic E-state index is 12.8. The van der Waals surface area contributed by atoms with Crippen LogP contribution in [0.4, 0.5) is 0 Å². The van der Waals surface area contributed by atoms with E-state index in [-0.39, 0.29) is 11.9 Å². The predicted molar refractivity (Wildman–Crippen MR) is 125 cm³/mol. The Morgan fingerprint density at radius 3 is 2.50 bits per heavy atom. The van der Waals surface area contributed by atoms with Crippen LogP contribution in [0.15, 0.2) is 60.0 Å². The minimum Gasteiger partial charge on any atom is -0.497 e. The van der Waals surface area contributed by atoms with Crippen molar-refractivity contribution < 1.29 is 9.53 Å². The number of rotatable bonds is 7. The number of nitriles is 1. The van der Waals surface area contributed by atoms with E-state index in [1.54, 1.807) is 18.4 Å². The van der Waals surface area contributed by atoms with Crippen LogP contribution in [0, 0.1) is 11.3 Å². The summed E-state index contributed by atoms with van der Waals surface area (Å²) in [6.07, 6.45) is 1.12. The third-order valence-electron chi connectivity index (χ3n) is 5.72. The third-order valence-corrected chi connectivity index (χ3v) is 6.61. The Morgan fingerprint density at radius 1 is 1.12 bits per heavy atom. The first-order valence-electron chi connectivity index (χ1n) is 10.7. The Bertz CT molecular complexity index is 1070. The lowest BCUT2D eigenvalue weighted by Gasteiger charge is -2.37. The lowest BCUT2D eigenvalue weighted by molar-refractivity contribution is -0.132. The summed E-state index contributed by atoms with van der Waals surface area (Å²) in [6.45, 7) is 2.58. The quantitative estimate of drug-likeness (QED) is 0.554. The highest BCUT2D eigenvalue weighted by Crippen LogP contribution is 2.24. The van der Waals surface area contributed by atoms with E-state index >= 15 is 0 Å². The lowest BCUT2D eigenvalue weighted by atomic mass is 10.1. The van der Waals surface area contributed by atoms with Gasteiger partial charge in [-0.1, -0.05) is 42.5 Å². The van der Waals surface area contributed by atoms with Gasteiger partial charge < -0.3 is 9.64 Å². The molecule has 2 aromatic carbocycles. The van der Waals surface area contributed by atoms with E-state index in [4.69, 9.17) is 4.74 Å². The maximum atomic E-state index is 12.8. The van der Waals surface area contributed by atoms with Gasteiger partial charge >= 0.3 is 0 Å². The monoisotopic (exact) mass is 446 g/mol. The molecule has 1 atom stereocenters. The number of hydrogen-bond acceptors (Lipinski definition) is 6. The van der Waals surface area contributed by atoms with Crippen molar-refractivity contribution in [3.8, 4) is 11.8 Å². The first-order valence-corrected chi connectivity index (χ1v) is 11.6. The van der Waals surface area contributed by atoms with E-state index in [9.17, 15) is 10.1 Å². The van der Waals surface area contributed by atoms with Gasteiger partial charge in [0.2, 0.25) is 5.91 Å². The van der Waals surface area contributed by atoms with E-state index < -0.39 is 0 Å². The van der Waals surface area contributed by atoms with Crippen LogP contribution in [0.3, 0.4) is 0 Å². The van der Waals surface area contributed by atoms with Crippen molar-refractivity contribution in [1.29, 1.82) is 5.26 Å². The SMILES string of the molecule is COc1ccc(C(C#N)N2CCN(C(=O)Cc3csc(Cc4ccccc4)n3)CC2)cc1. The Balaban J connectivity index is 1.30. The predicted octanol–water partition coefficient (Wildman–Crippen LogP) is 3.69. The molecule has 1 aromatic heterocycles. The molecule has 0 N–H and O–H groups in total. The Kier molecular flexibility index (Phi) is 7.15. The van der Waals surface area contributed by atoms with Gasteiger partial charge in [-0.2, -0.15) is 5.26 Å². The molecule has 1 amide bonds. The molecular formula is C25H26N4O2S. The summed E-state index contributed by atoms with van der Waals surface area (Å²) < 4.78 is 5.20. The van der Waals surface area contributed by atoms with Crippen LogP contribution < -0.4 is 4.74 Å². The van der Waals surface area contributed by atoms with Gasteiger partial charge in [0.15, 0.2) is 0 Å². The Morgan fingerprint density at radius 2 is 1.84 bits per heavy atom. The number of benzene rings is 2. The number of carbonyl (C=O) groups is 1. The zero-order valence-corrected chi connectivity index (χ0v) is 18.9. The van der Waals surface area contributed by atoms with Crippen molar-refractivity contribution in [1.82, 2.24) is 14.8 Å². The fourth-order valence-electron chi connectivity index (χ4n) is 3.93. The number of ether oxygens (including phenoxy) is 1. The summed E-state index contributed by atoms with van der Waals surface area (Å²) in [7, 11) is 1.63. The van der Waals surface area contributed by atoms with Gasteiger partial charge in [-0.15, -0.1) is 11.3 Å². The van der Waals surface area contributed by atoms with Crippen molar-refractivity contribution in [2.45, 2.75) is 18.9 Å². The van der Waals surface area contributed by atoms with E-state index in [0.717, 1.165) is 28.4 Å². The normalized spacial score (nSPS) is 15.2. The van der Waals surface area contributed by atoms with Crippen molar-refractivity contribution in [2.24, 2.45) is 0 Å². The molecule has 0 spiro atoms. The molecule has 32 heavy (non-hydrogen) atoms. The first-order chi connectivity index (χ1) is 15.7. The molecule has 4 rings (SSSR count). The number of amides is 1. The van der Waals surface area contributed by atoms with Crippen LogP contribution >= 0.6 is 11.3 Å². The molecule has 0 aliphatic carbocycles. The summed E-state index contributed by atoms with van der Waals surface area (Å²) >= 11 is 1.61. The van der Waals surface area contributed by atoms with Crippen molar-refractivity contribution >= 4 is 17.2 Å². The molecule has 1 fully saturated rings. The van der Waals surface area contributed by atoms with Crippen molar-refractivity contribution in [2.75, 3.05) is 33.3 Å². The minimum absolute atomic E-state index is 0.0965. The Hall–Kier alpha value is -3.21. The van der Waals surface area contributed by atoms with Crippen LogP contribution in [0.5, 0.6) is 5.75 Å². The van der Waals surface area contributed by atoms with Gasteiger partial charge in [-0.3, -0.25) is 9.69 Å². The molecule has 0 bridgehead atoms. The molecule has 6 nitrogen and oxygen atoms in total. The molecule has 1 aliphatic heterocycles. The Labute approximate surface area is 192 Å². The zero-order valence-electron chi connectivity index (χ0n) is 18.1. The minimum atomic E-state index is -0.322. The number of thiazole rings is 1. The standard InChI is InChI=1S/C25H26N4O2S/c1-31-22-9-7-20(8-10-22)23(17-26)28-11-13-29(14-12-28)25(30)16-21-18-32-24(27-21)15-19-5-3-2-4-6-19/h2-10,18,23H,11-16H2,1H3. The topological polar surface area (TPSA) is 69.5 Å². The largest absolute Gasteiger partial charge is 0.497 e. The van der Waals surface area contributed by atoms with Gasteiger partial charge in [0.05, 0.1) is 30.3 Å². The summed E-state index contributed by atoms with van der Waals surface area (Å²) in [6, 6.07) is 19.9. The average Bonchev–Trinajstić information content (AvgIpc) is 3.27. The van der Waals surface area contributed by atoms with Crippen LogP contribution in [-0.4, -0.2) is 54.0 Å². The average molecular weight is 447 g/mol. The number of methoxy groups -OCH3 is 1. The number of aromatic nitrogens is 1. The number of piperazine rings is 1. The number of nitrogens with zero attached hydrogens (tertiary/aromatic N) is 4. The third kappa shape index (κ3) is 5.34. The lowest BCUT2D eigenvalue weighted by Crippen LogP contribution is -2.49. The van der Waals surface area contributed by atoms with Crippen LogP contribution in [0.25, 0.3) is 0 Å². The second-order valence-corrected chi connectivity index (χ2v) is 8.74. The van der Waals surface area contributed by atoms with E-state index in [2.05, 4.69) is 28.1 Å². The summed E-state index contributed by atoms with van der Waals surface area (Å²) in [5, 5.41) is 12.7. The number of carbonyl (C=O) groups excluding carboxylic acids is 1. The molecule has 1 saturated heterocycles. The fraction of sp³-hybridized carbons (Fsp3) is 0.320.